The molecule has 0 saturated carbocycles. The Kier molecular flexibility index (Phi) is 4.56. The molecule has 21 heavy (non-hydrogen) atoms. The largest absolute Gasteiger partial charge is 0.493 e. The number of benzene rings is 1. The van der Waals surface area contributed by atoms with Gasteiger partial charge in [-0.15, -0.1) is 11.3 Å². The predicted octanol–water partition coefficient (Wildman–Crippen LogP) is 4.31. The number of halogens is 3. The summed E-state index contributed by atoms with van der Waals surface area (Å²) in [5.41, 5.74) is -0.341. The molecular weight excluding hydrogens is 305 g/mol. The summed E-state index contributed by atoms with van der Waals surface area (Å²) < 4.78 is 48.0. The highest BCUT2D eigenvalue weighted by atomic mass is 32.1. The molecule has 114 valence electrons. The summed E-state index contributed by atoms with van der Waals surface area (Å²) >= 11 is 0.885. The van der Waals surface area contributed by atoms with E-state index in [0.717, 1.165) is 16.7 Å². The second-order valence-corrected chi connectivity index (χ2v) is 4.82. The number of thiazole rings is 1. The van der Waals surface area contributed by atoms with Crippen LogP contribution < -0.4 is 14.8 Å². The third-order valence-electron chi connectivity index (χ3n) is 2.51. The molecule has 8 heteroatoms. The summed E-state index contributed by atoms with van der Waals surface area (Å²) in [6.07, 6.45) is -4.44. The summed E-state index contributed by atoms with van der Waals surface area (Å²) in [7, 11) is 1.49. The molecule has 1 heterocycles. The molecule has 0 unspecified atom stereocenters. The SMILES string of the molecule is CCOc1ccc(Nc2nc(C(F)(F)F)cs2)cc1OC. The number of nitrogens with zero attached hydrogens (tertiary/aromatic N) is 1. The van der Waals surface area contributed by atoms with Gasteiger partial charge in [-0.3, -0.25) is 0 Å². The van der Waals surface area contributed by atoms with Crippen LogP contribution >= 0.6 is 11.3 Å². The number of nitrogens with one attached hydrogen (secondary N) is 1. The lowest BCUT2D eigenvalue weighted by atomic mass is 10.3. The van der Waals surface area contributed by atoms with Gasteiger partial charge in [0.25, 0.3) is 0 Å². The van der Waals surface area contributed by atoms with Gasteiger partial charge in [0.1, 0.15) is 0 Å². The highest BCUT2D eigenvalue weighted by Gasteiger charge is 2.33. The van der Waals surface area contributed by atoms with Gasteiger partial charge in [-0.05, 0) is 19.1 Å². The van der Waals surface area contributed by atoms with Gasteiger partial charge in [-0.1, -0.05) is 0 Å². The molecule has 0 spiro atoms. The molecular formula is C13H13F3N2O2S. The van der Waals surface area contributed by atoms with Crippen LogP contribution in [0.2, 0.25) is 0 Å². The van der Waals surface area contributed by atoms with Crippen molar-refractivity contribution in [3.8, 4) is 11.5 Å². The maximum atomic E-state index is 12.5. The molecule has 0 fully saturated rings. The van der Waals surface area contributed by atoms with Gasteiger partial charge in [0.05, 0.1) is 13.7 Å². The first-order valence-corrected chi connectivity index (χ1v) is 6.92. The Labute approximate surface area is 123 Å². The van der Waals surface area contributed by atoms with Crippen LogP contribution in [-0.2, 0) is 6.18 Å². The minimum absolute atomic E-state index is 0.161. The van der Waals surface area contributed by atoms with Crippen molar-refractivity contribution >= 4 is 22.2 Å². The van der Waals surface area contributed by atoms with Crippen molar-refractivity contribution in [2.24, 2.45) is 0 Å². The number of rotatable bonds is 5. The van der Waals surface area contributed by atoms with Crippen molar-refractivity contribution in [2.75, 3.05) is 19.0 Å². The molecule has 0 bridgehead atoms. The third kappa shape index (κ3) is 3.78. The fourth-order valence-electron chi connectivity index (χ4n) is 1.60. The monoisotopic (exact) mass is 318 g/mol. The van der Waals surface area contributed by atoms with Crippen molar-refractivity contribution in [2.45, 2.75) is 13.1 Å². The van der Waals surface area contributed by atoms with Crippen LogP contribution in [0.1, 0.15) is 12.6 Å². The van der Waals surface area contributed by atoms with E-state index in [2.05, 4.69) is 10.3 Å². The first kappa shape index (κ1) is 15.4. The maximum absolute atomic E-state index is 12.5. The van der Waals surface area contributed by atoms with E-state index in [-0.39, 0.29) is 5.13 Å². The van der Waals surface area contributed by atoms with Crippen LogP contribution in [0.25, 0.3) is 0 Å². The summed E-state index contributed by atoms with van der Waals surface area (Å²) in [4.78, 5) is 3.50. The van der Waals surface area contributed by atoms with Gasteiger partial charge in [-0.2, -0.15) is 13.2 Å². The van der Waals surface area contributed by atoms with Crippen LogP contribution in [-0.4, -0.2) is 18.7 Å². The van der Waals surface area contributed by atoms with Gasteiger partial charge >= 0.3 is 6.18 Å². The van der Waals surface area contributed by atoms with Crippen molar-refractivity contribution < 1.29 is 22.6 Å². The molecule has 0 aliphatic carbocycles. The second-order valence-electron chi connectivity index (χ2n) is 3.96. The average molecular weight is 318 g/mol. The third-order valence-corrected chi connectivity index (χ3v) is 3.27. The topological polar surface area (TPSA) is 43.4 Å². The second kappa shape index (κ2) is 6.21. The zero-order chi connectivity index (χ0) is 15.5. The standard InChI is InChI=1S/C13H13F3N2O2S/c1-3-20-9-5-4-8(6-10(9)19-2)17-12-18-11(7-21-12)13(14,15)16/h4-7H,3H2,1-2H3,(H,17,18). The summed E-state index contributed by atoms with van der Waals surface area (Å²) in [6.45, 7) is 2.34. The summed E-state index contributed by atoms with van der Waals surface area (Å²) in [5.74, 6) is 1.06. The highest BCUT2D eigenvalue weighted by molar-refractivity contribution is 7.13. The van der Waals surface area contributed by atoms with E-state index in [1.54, 1.807) is 18.2 Å². The first-order valence-electron chi connectivity index (χ1n) is 6.04. The summed E-state index contributed by atoms with van der Waals surface area (Å²) in [5, 5.41) is 3.94. The molecule has 1 aromatic carbocycles. The molecule has 0 aliphatic heterocycles. The summed E-state index contributed by atoms with van der Waals surface area (Å²) in [6, 6.07) is 5.00. The van der Waals surface area contributed by atoms with Crippen LogP contribution in [0.5, 0.6) is 11.5 Å². The van der Waals surface area contributed by atoms with Crippen LogP contribution in [0, 0.1) is 0 Å². The van der Waals surface area contributed by atoms with Gasteiger partial charge < -0.3 is 14.8 Å². The molecule has 0 atom stereocenters. The zero-order valence-corrected chi connectivity index (χ0v) is 12.1. The Balaban J connectivity index is 2.18. The molecule has 4 nitrogen and oxygen atoms in total. The zero-order valence-electron chi connectivity index (χ0n) is 11.3. The average Bonchev–Trinajstić information content (AvgIpc) is 2.89. The molecule has 1 aromatic heterocycles. The minimum Gasteiger partial charge on any atom is -0.493 e. The number of aromatic nitrogens is 1. The smallest absolute Gasteiger partial charge is 0.434 e. The Morgan fingerprint density at radius 3 is 2.62 bits per heavy atom. The molecule has 2 aromatic rings. The Morgan fingerprint density at radius 1 is 1.29 bits per heavy atom. The molecule has 1 N–H and O–H groups in total. The quantitative estimate of drug-likeness (QED) is 0.892. The number of anilines is 2. The van der Waals surface area contributed by atoms with E-state index in [1.807, 2.05) is 6.92 Å². The van der Waals surface area contributed by atoms with E-state index < -0.39 is 11.9 Å². The lowest BCUT2D eigenvalue weighted by Gasteiger charge is -2.11. The molecule has 0 radical (unpaired) electrons. The van der Waals surface area contributed by atoms with E-state index >= 15 is 0 Å². The lowest BCUT2D eigenvalue weighted by Crippen LogP contribution is -2.05. The van der Waals surface area contributed by atoms with Crippen LogP contribution in [0.4, 0.5) is 24.0 Å². The number of methoxy groups -OCH3 is 1. The fraction of sp³-hybridized carbons (Fsp3) is 0.308. The molecule has 2 rings (SSSR count). The van der Waals surface area contributed by atoms with E-state index in [4.69, 9.17) is 9.47 Å². The van der Waals surface area contributed by atoms with Gasteiger partial charge in [0, 0.05) is 17.1 Å². The molecule has 0 saturated heterocycles. The first-order chi connectivity index (χ1) is 9.94. The van der Waals surface area contributed by atoms with Crippen LogP contribution in [0.3, 0.4) is 0 Å². The normalized spacial score (nSPS) is 11.3. The number of hydrogen-bond donors (Lipinski definition) is 1. The highest BCUT2D eigenvalue weighted by Crippen LogP contribution is 2.34. The van der Waals surface area contributed by atoms with Crippen molar-refractivity contribution in [3.63, 3.8) is 0 Å². The van der Waals surface area contributed by atoms with E-state index in [0.29, 0.717) is 23.8 Å². The van der Waals surface area contributed by atoms with Gasteiger partial charge in [0.15, 0.2) is 22.3 Å². The number of hydrogen-bond acceptors (Lipinski definition) is 5. The van der Waals surface area contributed by atoms with Crippen molar-refractivity contribution in [3.05, 3.63) is 29.3 Å². The Morgan fingerprint density at radius 2 is 2.05 bits per heavy atom. The van der Waals surface area contributed by atoms with E-state index in [9.17, 15) is 13.2 Å². The Bertz CT molecular complexity index is 614. The number of ether oxygens (including phenoxy) is 2. The van der Waals surface area contributed by atoms with Crippen molar-refractivity contribution in [1.29, 1.82) is 0 Å². The minimum atomic E-state index is -4.44. The Hall–Kier alpha value is -1.96. The van der Waals surface area contributed by atoms with Crippen LogP contribution in [0.15, 0.2) is 23.6 Å². The fourth-order valence-corrected chi connectivity index (χ4v) is 2.34. The predicted molar refractivity (Wildman–Crippen MR) is 74.6 cm³/mol. The van der Waals surface area contributed by atoms with Gasteiger partial charge in [-0.25, -0.2) is 4.98 Å². The molecule has 0 amide bonds. The number of alkyl halides is 3. The van der Waals surface area contributed by atoms with E-state index in [1.165, 1.54) is 7.11 Å². The van der Waals surface area contributed by atoms with Gasteiger partial charge in [0.2, 0.25) is 0 Å². The van der Waals surface area contributed by atoms with Crippen molar-refractivity contribution in [1.82, 2.24) is 4.98 Å². The maximum Gasteiger partial charge on any atom is 0.434 e. The lowest BCUT2D eigenvalue weighted by molar-refractivity contribution is -0.140. The molecule has 0 aliphatic rings.